The van der Waals surface area contributed by atoms with E-state index in [-0.39, 0.29) is 0 Å². The maximum Gasteiger partial charge on any atom is 0.346 e. The highest BCUT2D eigenvalue weighted by atomic mass is 32.1. The summed E-state index contributed by atoms with van der Waals surface area (Å²) >= 11 is 1.26. The van der Waals surface area contributed by atoms with Crippen molar-refractivity contribution in [3.05, 3.63) is 21.9 Å². The van der Waals surface area contributed by atoms with Gasteiger partial charge >= 0.3 is 5.97 Å². The Labute approximate surface area is 106 Å². The van der Waals surface area contributed by atoms with Gasteiger partial charge < -0.3 is 15.2 Å². The highest BCUT2D eigenvalue weighted by molar-refractivity contribution is 7.12. The maximum atomic E-state index is 10.8. The van der Waals surface area contributed by atoms with Crippen LogP contribution in [-0.2, 0) is 11.3 Å². The number of aromatic carboxylic acids is 1. The first-order valence-corrected chi connectivity index (χ1v) is 6.71. The van der Waals surface area contributed by atoms with Gasteiger partial charge in [-0.1, -0.05) is 13.3 Å². The average Bonchev–Trinajstić information content (AvgIpc) is 2.76. The quantitative estimate of drug-likeness (QED) is 0.667. The number of hydrogen-bond acceptors (Lipinski definition) is 4. The molecule has 0 bridgehead atoms. The lowest BCUT2D eigenvalue weighted by atomic mass is 10.2. The number of ether oxygens (including phenoxy) is 1. The molecule has 0 spiro atoms. The van der Waals surface area contributed by atoms with Gasteiger partial charge in [-0.25, -0.2) is 4.79 Å². The molecular formula is C12H19NO3S. The molecule has 17 heavy (non-hydrogen) atoms. The Kier molecular flexibility index (Phi) is 6.84. The van der Waals surface area contributed by atoms with Gasteiger partial charge in [0.2, 0.25) is 0 Å². The van der Waals surface area contributed by atoms with Crippen LogP contribution < -0.4 is 5.32 Å². The van der Waals surface area contributed by atoms with Gasteiger partial charge in [-0.2, -0.15) is 0 Å². The molecule has 1 aromatic rings. The smallest absolute Gasteiger partial charge is 0.346 e. The first-order valence-electron chi connectivity index (χ1n) is 5.83. The molecule has 1 rings (SSSR count). The van der Waals surface area contributed by atoms with Crippen molar-refractivity contribution in [3.63, 3.8) is 0 Å². The summed E-state index contributed by atoms with van der Waals surface area (Å²) in [5.74, 6) is -0.851. The van der Waals surface area contributed by atoms with Gasteiger partial charge in [0.05, 0.1) is 6.61 Å². The van der Waals surface area contributed by atoms with Crippen molar-refractivity contribution in [1.29, 1.82) is 0 Å². The molecule has 2 N–H and O–H groups in total. The van der Waals surface area contributed by atoms with E-state index in [2.05, 4.69) is 12.2 Å². The van der Waals surface area contributed by atoms with Gasteiger partial charge in [-0.3, -0.25) is 0 Å². The fraction of sp³-hybridized carbons (Fsp3) is 0.583. The van der Waals surface area contributed by atoms with E-state index >= 15 is 0 Å². The van der Waals surface area contributed by atoms with Gasteiger partial charge in [0.1, 0.15) is 4.88 Å². The number of thiophene rings is 1. The van der Waals surface area contributed by atoms with Crippen LogP contribution in [-0.4, -0.2) is 30.8 Å². The Morgan fingerprint density at radius 1 is 1.53 bits per heavy atom. The Bertz CT molecular complexity index is 338. The molecule has 0 atom stereocenters. The molecule has 0 saturated heterocycles. The zero-order chi connectivity index (χ0) is 12.5. The minimum Gasteiger partial charge on any atom is -0.477 e. The molecule has 0 fully saturated rings. The molecule has 0 amide bonds. The third-order valence-electron chi connectivity index (χ3n) is 2.32. The number of rotatable bonds is 9. The third kappa shape index (κ3) is 5.30. The zero-order valence-electron chi connectivity index (χ0n) is 10.1. The van der Waals surface area contributed by atoms with Crippen molar-refractivity contribution in [2.45, 2.75) is 26.3 Å². The van der Waals surface area contributed by atoms with Gasteiger partial charge in [-0.15, -0.1) is 11.3 Å². The molecule has 0 aliphatic heterocycles. The number of carboxylic acids is 1. The molecule has 4 nitrogen and oxygen atoms in total. The molecule has 0 aliphatic rings. The number of unbranched alkanes of at least 4 members (excludes halogenated alkanes) is 1. The first-order chi connectivity index (χ1) is 8.25. The van der Waals surface area contributed by atoms with Crippen LogP contribution in [0.4, 0.5) is 0 Å². The summed E-state index contributed by atoms with van der Waals surface area (Å²) < 4.78 is 5.39. The first kappa shape index (κ1) is 14.2. The number of hydrogen-bond donors (Lipinski definition) is 2. The normalized spacial score (nSPS) is 10.6. The van der Waals surface area contributed by atoms with E-state index in [1.807, 2.05) is 6.07 Å². The monoisotopic (exact) mass is 257 g/mol. The lowest BCUT2D eigenvalue weighted by Gasteiger charge is -2.05. The molecule has 5 heteroatoms. The topological polar surface area (TPSA) is 58.6 Å². The summed E-state index contributed by atoms with van der Waals surface area (Å²) in [4.78, 5) is 11.3. The van der Waals surface area contributed by atoms with Crippen LogP contribution in [0.5, 0.6) is 0 Å². The number of nitrogens with one attached hydrogen (secondary N) is 1. The summed E-state index contributed by atoms with van der Waals surface area (Å²) in [5.41, 5.74) is 0.844. The molecule has 0 unspecified atom stereocenters. The van der Waals surface area contributed by atoms with Crippen molar-refractivity contribution in [2.75, 3.05) is 19.8 Å². The van der Waals surface area contributed by atoms with Crippen LogP contribution >= 0.6 is 11.3 Å². The third-order valence-corrected chi connectivity index (χ3v) is 3.27. The van der Waals surface area contributed by atoms with Crippen LogP contribution in [0.15, 0.2) is 11.4 Å². The van der Waals surface area contributed by atoms with E-state index in [9.17, 15) is 4.79 Å². The van der Waals surface area contributed by atoms with Crippen molar-refractivity contribution in [2.24, 2.45) is 0 Å². The van der Waals surface area contributed by atoms with Crippen molar-refractivity contribution >= 4 is 17.3 Å². The average molecular weight is 257 g/mol. The fourth-order valence-corrected chi connectivity index (χ4v) is 2.14. The van der Waals surface area contributed by atoms with E-state index in [1.54, 1.807) is 5.38 Å². The Hall–Kier alpha value is -0.910. The molecule has 1 aromatic heterocycles. The summed E-state index contributed by atoms with van der Waals surface area (Å²) in [6, 6.07) is 1.85. The summed E-state index contributed by atoms with van der Waals surface area (Å²) in [5, 5.41) is 13.9. The van der Waals surface area contributed by atoms with Crippen LogP contribution in [0.25, 0.3) is 0 Å². The van der Waals surface area contributed by atoms with Crippen molar-refractivity contribution in [1.82, 2.24) is 5.32 Å². The van der Waals surface area contributed by atoms with Gasteiger partial charge in [-0.05, 0) is 23.4 Å². The van der Waals surface area contributed by atoms with Gasteiger partial charge in [0.25, 0.3) is 0 Å². The lowest BCUT2D eigenvalue weighted by molar-refractivity contribution is 0.0701. The lowest BCUT2D eigenvalue weighted by Crippen LogP contribution is -2.20. The number of carbonyl (C=O) groups is 1. The summed E-state index contributed by atoms with van der Waals surface area (Å²) in [6.45, 7) is 4.94. The van der Waals surface area contributed by atoms with E-state index < -0.39 is 5.97 Å². The highest BCUT2D eigenvalue weighted by Crippen LogP contribution is 2.16. The Balaban J connectivity index is 2.14. The summed E-state index contributed by atoms with van der Waals surface area (Å²) in [6.07, 6.45) is 2.23. The predicted octanol–water partition coefficient (Wildman–Crippen LogP) is 2.35. The zero-order valence-corrected chi connectivity index (χ0v) is 10.9. The summed E-state index contributed by atoms with van der Waals surface area (Å²) in [7, 11) is 0. The molecule has 0 saturated carbocycles. The maximum absolute atomic E-state index is 10.8. The molecule has 1 heterocycles. The molecule has 0 radical (unpaired) electrons. The van der Waals surface area contributed by atoms with Crippen molar-refractivity contribution < 1.29 is 14.6 Å². The highest BCUT2D eigenvalue weighted by Gasteiger charge is 2.10. The van der Waals surface area contributed by atoms with Gasteiger partial charge in [0.15, 0.2) is 0 Å². The standard InChI is InChI=1S/C12H19NO3S/c1-2-3-6-16-7-5-13-9-10-4-8-17-11(10)12(14)15/h4,8,13H,2-3,5-7,9H2,1H3,(H,14,15). The largest absolute Gasteiger partial charge is 0.477 e. The second kappa shape index (κ2) is 8.22. The Morgan fingerprint density at radius 3 is 3.06 bits per heavy atom. The van der Waals surface area contributed by atoms with E-state index in [0.717, 1.165) is 31.6 Å². The fourth-order valence-electron chi connectivity index (χ4n) is 1.38. The predicted molar refractivity (Wildman–Crippen MR) is 68.7 cm³/mol. The second-order valence-corrected chi connectivity index (χ2v) is 4.64. The minimum atomic E-state index is -0.851. The molecule has 96 valence electrons. The minimum absolute atomic E-state index is 0.421. The number of carboxylic acid groups (broad SMARTS) is 1. The van der Waals surface area contributed by atoms with E-state index in [4.69, 9.17) is 9.84 Å². The van der Waals surface area contributed by atoms with Gasteiger partial charge in [0, 0.05) is 19.7 Å². The molecular weight excluding hydrogens is 238 g/mol. The van der Waals surface area contributed by atoms with E-state index in [0.29, 0.717) is 18.0 Å². The van der Waals surface area contributed by atoms with Crippen LogP contribution in [0.1, 0.15) is 35.0 Å². The van der Waals surface area contributed by atoms with Crippen LogP contribution in [0.3, 0.4) is 0 Å². The van der Waals surface area contributed by atoms with Crippen LogP contribution in [0, 0.1) is 0 Å². The molecule has 0 aliphatic carbocycles. The second-order valence-electron chi connectivity index (χ2n) is 3.72. The van der Waals surface area contributed by atoms with Crippen LogP contribution in [0.2, 0.25) is 0 Å². The SMILES string of the molecule is CCCCOCCNCc1ccsc1C(=O)O. The molecule has 0 aromatic carbocycles. The van der Waals surface area contributed by atoms with E-state index in [1.165, 1.54) is 11.3 Å². The Morgan fingerprint density at radius 2 is 2.35 bits per heavy atom. The van der Waals surface area contributed by atoms with Crippen molar-refractivity contribution in [3.8, 4) is 0 Å².